The molecule has 2 aliphatic rings. The molecule has 0 spiro atoms. The van der Waals surface area contributed by atoms with Gasteiger partial charge in [0.05, 0.1) is 12.7 Å². The molecule has 0 aliphatic heterocycles. The maximum absolute atomic E-state index is 15.3. The second kappa shape index (κ2) is 15.6. The molecule has 2 aliphatic carbocycles. The second-order valence-corrected chi connectivity index (χ2v) is 11.6. The van der Waals surface area contributed by atoms with Crippen molar-refractivity contribution in [3.05, 3.63) is 83.0 Å². The van der Waals surface area contributed by atoms with E-state index in [4.69, 9.17) is 9.47 Å². The Balaban J connectivity index is 1.30. The number of rotatable bonds is 13. The molecule has 2 nitrogen and oxygen atoms in total. The van der Waals surface area contributed by atoms with Crippen LogP contribution < -0.4 is 4.74 Å². The molecule has 0 saturated heterocycles. The third-order valence-electron chi connectivity index (χ3n) is 8.75. The Morgan fingerprint density at radius 3 is 2.00 bits per heavy atom. The van der Waals surface area contributed by atoms with Gasteiger partial charge in [0.15, 0.2) is 23.2 Å². The van der Waals surface area contributed by atoms with Crippen LogP contribution in [0.25, 0.3) is 6.08 Å². The van der Waals surface area contributed by atoms with Crippen molar-refractivity contribution < 1.29 is 27.0 Å². The molecule has 224 valence electrons. The Morgan fingerprint density at radius 1 is 0.756 bits per heavy atom. The highest BCUT2D eigenvalue weighted by Crippen LogP contribution is 2.41. The largest absolute Gasteiger partial charge is 0.490 e. The van der Waals surface area contributed by atoms with Gasteiger partial charge in [0.25, 0.3) is 0 Å². The van der Waals surface area contributed by atoms with Crippen molar-refractivity contribution in [3.63, 3.8) is 0 Å². The molecule has 2 aromatic carbocycles. The Labute approximate surface area is 242 Å². The van der Waals surface area contributed by atoms with Crippen molar-refractivity contribution in [1.82, 2.24) is 0 Å². The third kappa shape index (κ3) is 8.24. The third-order valence-corrected chi connectivity index (χ3v) is 8.75. The van der Waals surface area contributed by atoms with E-state index >= 15 is 8.78 Å². The molecule has 41 heavy (non-hydrogen) atoms. The smallest absolute Gasteiger partial charge is 0.201 e. The van der Waals surface area contributed by atoms with Crippen molar-refractivity contribution in [1.29, 1.82) is 0 Å². The summed E-state index contributed by atoms with van der Waals surface area (Å²) in [5, 5.41) is 0. The van der Waals surface area contributed by atoms with E-state index in [1.807, 2.05) is 6.08 Å². The predicted octanol–water partition coefficient (Wildman–Crippen LogP) is 10.4. The quantitative estimate of drug-likeness (QED) is 0.135. The van der Waals surface area contributed by atoms with Crippen LogP contribution in [0, 0.1) is 29.2 Å². The summed E-state index contributed by atoms with van der Waals surface area (Å²) in [4.78, 5) is 0. The van der Waals surface area contributed by atoms with Gasteiger partial charge in [0.2, 0.25) is 5.82 Å². The lowest BCUT2D eigenvalue weighted by atomic mass is 9.77. The highest BCUT2D eigenvalue weighted by atomic mass is 19.2. The zero-order valence-corrected chi connectivity index (χ0v) is 24.3. The second-order valence-electron chi connectivity index (χ2n) is 11.6. The normalized spacial score (nSPS) is 23.1. The zero-order valence-electron chi connectivity index (χ0n) is 24.3. The summed E-state index contributed by atoms with van der Waals surface area (Å²) in [6, 6.07) is 6.57. The van der Waals surface area contributed by atoms with E-state index in [0.29, 0.717) is 24.2 Å². The van der Waals surface area contributed by atoms with Crippen LogP contribution in [-0.2, 0) is 4.74 Å². The summed E-state index contributed by atoms with van der Waals surface area (Å²) in [7, 11) is 0. The molecule has 0 atom stereocenters. The van der Waals surface area contributed by atoms with Gasteiger partial charge in [-0.1, -0.05) is 43.7 Å². The molecule has 4 rings (SSSR count). The molecule has 0 aromatic heterocycles. The van der Waals surface area contributed by atoms with Crippen LogP contribution >= 0.6 is 0 Å². The molecule has 0 heterocycles. The van der Waals surface area contributed by atoms with E-state index < -0.39 is 23.3 Å². The fourth-order valence-electron chi connectivity index (χ4n) is 6.20. The van der Waals surface area contributed by atoms with E-state index in [0.717, 1.165) is 77.2 Å². The summed E-state index contributed by atoms with van der Waals surface area (Å²) in [5.74, 6) is -3.22. The summed E-state index contributed by atoms with van der Waals surface area (Å²) in [5.41, 5.74) is 1.13. The summed E-state index contributed by atoms with van der Waals surface area (Å²) < 4.78 is 70.8. The summed E-state index contributed by atoms with van der Waals surface area (Å²) in [6.45, 7) is 6.84. The molecule has 2 fully saturated rings. The van der Waals surface area contributed by atoms with Gasteiger partial charge in [0, 0.05) is 12.2 Å². The van der Waals surface area contributed by atoms with Gasteiger partial charge in [-0.25, -0.2) is 13.2 Å². The average molecular weight is 573 g/mol. The van der Waals surface area contributed by atoms with E-state index in [1.165, 1.54) is 12.1 Å². The first-order chi connectivity index (χ1) is 19.9. The standard InChI is InChI=1S/C35H44F4O2/c1-3-5-7-23-41-31-21-16-27(32(36)35(31)39)13-10-24-8-11-25(12-9-24)29-19-20-30(34(38)33(29)37)26-14-17-28(18-15-26)40-22-6-4-2/h3,10,13,16,19-21,24-26,28H,1,4-9,11-12,14-15,17-18,22-23H2,2H3/b13-10+. The number of hydrogen-bond donors (Lipinski definition) is 0. The van der Waals surface area contributed by atoms with Crippen LogP contribution in [0.2, 0.25) is 0 Å². The number of ether oxygens (including phenoxy) is 2. The number of halogens is 4. The SMILES string of the molecule is C=CCCCOc1ccc(/C=C/C2CCC(c3ccc(C4CCC(OCCCC)CC4)c(F)c3F)CC2)c(F)c1F. The minimum atomic E-state index is -0.983. The van der Waals surface area contributed by atoms with Crippen LogP contribution in [-0.4, -0.2) is 19.3 Å². The first kappa shape index (κ1) is 31.3. The molecule has 6 heteroatoms. The van der Waals surface area contributed by atoms with Crippen LogP contribution in [0.15, 0.2) is 43.0 Å². The van der Waals surface area contributed by atoms with Crippen LogP contribution in [0.1, 0.15) is 112 Å². The lowest BCUT2D eigenvalue weighted by Crippen LogP contribution is -2.22. The summed E-state index contributed by atoms with van der Waals surface area (Å²) in [6.07, 6.45) is 15.5. The van der Waals surface area contributed by atoms with Crippen LogP contribution in [0.4, 0.5) is 17.6 Å². The first-order valence-electron chi connectivity index (χ1n) is 15.4. The molecule has 0 amide bonds. The number of allylic oxidation sites excluding steroid dienone is 2. The van der Waals surface area contributed by atoms with Gasteiger partial charge < -0.3 is 9.47 Å². The van der Waals surface area contributed by atoms with Gasteiger partial charge in [-0.3, -0.25) is 0 Å². The fraction of sp³-hybridized carbons (Fsp3) is 0.543. The molecular weight excluding hydrogens is 528 g/mol. The molecule has 0 unspecified atom stereocenters. The van der Waals surface area contributed by atoms with Gasteiger partial charge in [0.1, 0.15) is 0 Å². The van der Waals surface area contributed by atoms with Gasteiger partial charge in [-0.15, -0.1) is 6.58 Å². The van der Waals surface area contributed by atoms with E-state index in [2.05, 4.69) is 13.5 Å². The monoisotopic (exact) mass is 572 g/mol. The number of unbranched alkanes of at least 4 members (excludes halogenated alkanes) is 2. The highest BCUT2D eigenvalue weighted by Gasteiger charge is 2.29. The van der Waals surface area contributed by atoms with Crippen molar-refractivity contribution in [2.24, 2.45) is 5.92 Å². The number of benzene rings is 2. The minimum absolute atomic E-state index is 0.0357. The Hall–Kier alpha value is -2.60. The predicted molar refractivity (Wildman–Crippen MR) is 157 cm³/mol. The molecule has 0 bridgehead atoms. The average Bonchev–Trinajstić information content (AvgIpc) is 2.99. The van der Waals surface area contributed by atoms with Crippen molar-refractivity contribution in [2.75, 3.05) is 13.2 Å². The van der Waals surface area contributed by atoms with Crippen molar-refractivity contribution >= 4 is 6.08 Å². The van der Waals surface area contributed by atoms with E-state index in [-0.39, 0.29) is 35.2 Å². The maximum Gasteiger partial charge on any atom is 0.201 e. The Morgan fingerprint density at radius 2 is 1.39 bits per heavy atom. The number of hydrogen-bond acceptors (Lipinski definition) is 2. The van der Waals surface area contributed by atoms with E-state index in [1.54, 1.807) is 24.3 Å². The van der Waals surface area contributed by atoms with Crippen LogP contribution in [0.3, 0.4) is 0 Å². The zero-order chi connectivity index (χ0) is 29.2. The molecule has 2 saturated carbocycles. The maximum atomic E-state index is 15.3. The molecule has 0 N–H and O–H groups in total. The lowest BCUT2D eigenvalue weighted by Gasteiger charge is -2.30. The first-order valence-corrected chi connectivity index (χ1v) is 15.4. The van der Waals surface area contributed by atoms with E-state index in [9.17, 15) is 8.78 Å². The van der Waals surface area contributed by atoms with Crippen molar-refractivity contribution in [3.8, 4) is 5.75 Å². The van der Waals surface area contributed by atoms with Gasteiger partial charge >= 0.3 is 0 Å². The highest BCUT2D eigenvalue weighted by molar-refractivity contribution is 5.52. The molecule has 2 aromatic rings. The molecule has 0 radical (unpaired) electrons. The van der Waals surface area contributed by atoms with Gasteiger partial charge in [-0.2, -0.15) is 4.39 Å². The summed E-state index contributed by atoms with van der Waals surface area (Å²) >= 11 is 0. The molecular formula is C35H44F4O2. The lowest BCUT2D eigenvalue weighted by molar-refractivity contribution is 0.0230. The fourth-order valence-corrected chi connectivity index (χ4v) is 6.20. The Bertz CT molecular complexity index is 1160. The van der Waals surface area contributed by atoms with Gasteiger partial charge in [-0.05, 0) is 112 Å². The topological polar surface area (TPSA) is 18.5 Å². The van der Waals surface area contributed by atoms with Crippen molar-refractivity contribution in [2.45, 2.75) is 102 Å². The Kier molecular flexibility index (Phi) is 11.9. The van der Waals surface area contributed by atoms with Crippen LogP contribution in [0.5, 0.6) is 5.75 Å². The minimum Gasteiger partial charge on any atom is -0.490 e.